The number of nitrogen functional groups attached to an aromatic ring is 1. The average Bonchev–Trinajstić information content (AvgIpc) is 2.13. The van der Waals surface area contributed by atoms with Crippen molar-refractivity contribution in [2.45, 2.75) is 0 Å². The van der Waals surface area contributed by atoms with Gasteiger partial charge in [0.25, 0.3) is 0 Å². The third kappa shape index (κ3) is 1.25. The van der Waals surface area contributed by atoms with Gasteiger partial charge in [-0.05, 0) is 12.1 Å². The van der Waals surface area contributed by atoms with E-state index in [4.69, 9.17) is 11.6 Å². The third-order valence-corrected chi connectivity index (χ3v) is 1.19. The first-order valence-corrected chi connectivity index (χ1v) is 2.93. The largest absolute Gasteiger partial charge is 0.397 e. The molecule has 0 aliphatic rings. The maximum Gasteiger partial charge on any atom is 0.106 e. The monoisotopic (exact) mass is 135 g/mol. The minimum absolute atomic E-state index is 0.590. The van der Waals surface area contributed by atoms with Crippen molar-refractivity contribution in [3.8, 4) is 0 Å². The lowest BCUT2D eigenvalue weighted by atomic mass is 10.4. The van der Waals surface area contributed by atoms with Gasteiger partial charge in [0.15, 0.2) is 0 Å². The van der Waals surface area contributed by atoms with Crippen LogP contribution in [-0.2, 0) is 0 Å². The Labute approximate surface area is 59.0 Å². The van der Waals surface area contributed by atoms with Crippen LogP contribution in [0.5, 0.6) is 0 Å². The van der Waals surface area contributed by atoms with E-state index in [9.17, 15) is 0 Å². The molecule has 0 amide bonds. The van der Waals surface area contributed by atoms with Gasteiger partial charge in [0, 0.05) is 0 Å². The van der Waals surface area contributed by atoms with Gasteiger partial charge in [-0.2, -0.15) is 5.10 Å². The van der Waals surface area contributed by atoms with Gasteiger partial charge in [-0.15, -0.1) is 0 Å². The highest BCUT2D eigenvalue weighted by Crippen LogP contribution is 1.87. The van der Waals surface area contributed by atoms with Crippen molar-refractivity contribution in [3.05, 3.63) is 35.7 Å². The number of anilines is 1. The van der Waals surface area contributed by atoms with Crippen molar-refractivity contribution in [1.29, 1.82) is 0 Å². The second-order valence-corrected chi connectivity index (χ2v) is 1.88. The molecule has 0 bridgehead atoms. The third-order valence-electron chi connectivity index (χ3n) is 1.19. The van der Waals surface area contributed by atoms with E-state index in [2.05, 4.69) is 5.10 Å². The topological polar surface area (TPSA) is 64.4 Å². The summed E-state index contributed by atoms with van der Waals surface area (Å²) in [6, 6.07) is 9.05. The number of nitrogens with two attached hydrogens (primary N) is 2. The smallest absolute Gasteiger partial charge is 0.106 e. The molecule has 0 fully saturated rings. The molecular formula is C7H9N3. The molecule has 0 aliphatic carbocycles. The molecule has 4 N–H and O–H groups in total. The Morgan fingerprint density at radius 1 is 1.10 bits per heavy atom. The minimum Gasteiger partial charge on any atom is -0.397 e. The van der Waals surface area contributed by atoms with Gasteiger partial charge in [0.1, 0.15) is 5.36 Å². The fourth-order valence-corrected chi connectivity index (χ4v) is 0.669. The van der Waals surface area contributed by atoms with Crippen LogP contribution in [0.1, 0.15) is 0 Å². The predicted molar refractivity (Wildman–Crippen MR) is 40.6 cm³/mol. The quantitative estimate of drug-likeness (QED) is 0.390. The van der Waals surface area contributed by atoms with Crippen LogP contribution in [0.15, 0.2) is 35.4 Å². The van der Waals surface area contributed by atoms with Crippen LogP contribution in [0.2, 0.25) is 0 Å². The number of nitrogens with zero attached hydrogens (tertiary/aromatic N) is 1. The van der Waals surface area contributed by atoms with Crippen LogP contribution >= 0.6 is 0 Å². The van der Waals surface area contributed by atoms with Gasteiger partial charge >= 0.3 is 0 Å². The zero-order chi connectivity index (χ0) is 7.40. The summed E-state index contributed by atoms with van der Waals surface area (Å²) >= 11 is 0. The lowest BCUT2D eigenvalue weighted by Gasteiger charge is -1.82. The Hall–Kier alpha value is -1.51. The van der Waals surface area contributed by atoms with Crippen molar-refractivity contribution < 1.29 is 0 Å². The van der Waals surface area contributed by atoms with E-state index in [1.807, 2.05) is 18.2 Å². The molecule has 0 spiro atoms. The van der Waals surface area contributed by atoms with E-state index in [1.54, 1.807) is 12.1 Å². The maximum absolute atomic E-state index is 5.54. The molecule has 0 saturated carbocycles. The highest BCUT2D eigenvalue weighted by Gasteiger charge is 1.82. The number of hydrogen-bond acceptors (Lipinski definition) is 3. The lowest BCUT2D eigenvalue weighted by molar-refractivity contribution is 1.15. The summed E-state index contributed by atoms with van der Waals surface area (Å²) in [5, 5.41) is 4.10. The number of rotatable bonds is 0. The first-order valence-electron chi connectivity index (χ1n) is 2.93. The fraction of sp³-hybridized carbons (Fsp3) is 0. The van der Waals surface area contributed by atoms with Crippen LogP contribution < -0.4 is 16.9 Å². The minimum atomic E-state index is 0.590. The summed E-state index contributed by atoms with van der Waals surface area (Å²) in [6.07, 6.45) is 0. The zero-order valence-corrected chi connectivity index (χ0v) is 5.49. The van der Waals surface area contributed by atoms with Crippen molar-refractivity contribution >= 4 is 5.69 Å². The Kier molecular flexibility index (Phi) is 1.89. The van der Waals surface area contributed by atoms with Gasteiger partial charge in [-0.25, -0.2) is 0 Å². The molecule has 0 aromatic heterocycles. The average molecular weight is 135 g/mol. The van der Waals surface area contributed by atoms with Crippen LogP contribution in [0.3, 0.4) is 0 Å². The zero-order valence-electron chi connectivity index (χ0n) is 5.49. The van der Waals surface area contributed by atoms with Gasteiger partial charge in [0.05, 0.1) is 5.69 Å². The molecule has 3 heteroatoms. The SMILES string of the molecule is N/N=c1/cccccc1N. The van der Waals surface area contributed by atoms with E-state index in [1.165, 1.54) is 0 Å². The molecular weight excluding hydrogens is 126 g/mol. The van der Waals surface area contributed by atoms with Crippen molar-refractivity contribution in [1.82, 2.24) is 0 Å². The Balaban J connectivity index is 3.44. The fourth-order valence-electron chi connectivity index (χ4n) is 0.669. The van der Waals surface area contributed by atoms with Crippen LogP contribution in [0.25, 0.3) is 0 Å². The highest BCUT2D eigenvalue weighted by atomic mass is 15.1. The summed E-state index contributed by atoms with van der Waals surface area (Å²) in [5.41, 5.74) is 6.13. The van der Waals surface area contributed by atoms with Crippen molar-refractivity contribution in [2.75, 3.05) is 5.73 Å². The van der Waals surface area contributed by atoms with Crippen molar-refractivity contribution in [3.63, 3.8) is 0 Å². The molecule has 10 heavy (non-hydrogen) atoms. The molecule has 0 saturated heterocycles. The van der Waals surface area contributed by atoms with Gasteiger partial charge in [-0.1, -0.05) is 18.2 Å². The van der Waals surface area contributed by atoms with Crippen LogP contribution in [0.4, 0.5) is 5.69 Å². The molecule has 0 aliphatic heterocycles. The Morgan fingerprint density at radius 3 is 2.50 bits per heavy atom. The maximum atomic E-state index is 5.54. The number of hydrogen-bond donors (Lipinski definition) is 2. The molecule has 1 aromatic rings. The highest BCUT2D eigenvalue weighted by molar-refractivity contribution is 5.34. The van der Waals surface area contributed by atoms with E-state index >= 15 is 0 Å². The van der Waals surface area contributed by atoms with Crippen LogP contribution in [-0.4, -0.2) is 0 Å². The second kappa shape index (κ2) is 2.87. The van der Waals surface area contributed by atoms with E-state index in [0.717, 1.165) is 0 Å². The summed E-state index contributed by atoms with van der Waals surface area (Å²) in [6.45, 7) is 0. The first-order chi connectivity index (χ1) is 4.84. The van der Waals surface area contributed by atoms with Crippen LogP contribution in [0, 0.1) is 0 Å². The second-order valence-electron chi connectivity index (χ2n) is 1.88. The molecule has 52 valence electrons. The predicted octanol–water partition coefficient (Wildman–Crippen LogP) is 0.0432. The normalized spacial score (nSPS) is 11.4. The molecule has 1 rings (SSSR count). The summed E-state index contributed by atoms with van der Waals surface area (Å²) in [5.74, 6) is 5.05. The van der Waals surface area contributed by atoms with Gasteiger partial charge in [0.2, 0.25) is 0 Å². The van der Waals surface area contributed by atoms with Gasteiger partial charge in [-0.3, -0.25) is 0 Å². The summed E-state index contributed by atoms with van der Waals surface area (Å²) in [4.78, 5) is 0. The lowest BCUT2D eigenvalue weighted by Crippen LogP contribution is -2.08. The van der Waals surface area contributed by atoms with E-state index in [0.29, 0.717) is 11.0 Å². The molecule has 0 radical (unpaired) electrons. The summed E-state index contributed by atoms with van der Waals surface area (Å²) in [7, 11) is 0. The van der Waals surface area contributed by atoms with Crippen molar-refractivity contribution in [2.24, 2.45) is 10.9 Å². The summed E-state index contributed by atoms with van der Waals surface area (Å²) < 4.78 is 0. The molecule has 1 aromatic carbocycles. The van der Waals surface area contributed by atoms with E-state index < -0.39 is 0 Å². The molecule has 0 heterocycles. The Morgan fingerprint density at radius 2 is 1.80 bits per heavy atom. The first kappa shape index (κ1) is 6.61. The van der Waals surface area contributed by atoms with E-state index in [-0.39, 0.29) is 0 Å². The standard InChI is InChI=1S/C7H9N3/c8-6-4-2-1-3-5-7(6)10-9/h1-5H,9H2,(H2,8,10). The molecule has 3 nitrogen and oxygen atoms in total. The Bertz CT molecular complexity index is 280. The van der Waals surface area contributed by atoms with Gasteiger partial charge < -0.3 is 11.6 Å². The molecule has 0 atom stereocenters. The molecule has 0 unspecified atom stereocenters.